The van der Waals surface area contributed by atoms with Crippen molar-refractivity contribution in [3.8, 4) is 23.0 Å². The van der Waals surface area contributed by atoms with Crippen LogP contribution >= 0.6 is 0 Å². The number of hydrogen-bond acceptors (Lipinski definition) is 5. The molecule has 0 bridgehead atoms. The van der Waals surface area contributed by atoms with E-state index in [0.717, 1.165) is 0 Å². The predicted octanol–water partition coefficient (Wildman–Crippen LogP) is 4.35. The van der Waals surface area contributed by atoms with Crippen LogP contribution in [0, 0.1) is 0 Å². The van der Waals surface area contributed by atoms with Gasteiger partial charge in [0, 0.05) is 11.1 Å². The average molecular weight is 420 g/mol. The molecular formula is C24H24N2O5. The Bertz CT molecular complexity index is 1030. The maximum absolute atomic E-state index is 12.4. The SMILES string of the molecule is COc1cc(C(=O)NNC(=O)c2ccc(Oc3ccccc3)cc2)ccc1OC(C)C. The molecule has 0 saturated carbocycles. The zero-order valence-corrected chi connectivity index (χ0v) is 17.5. The van der Waals surface area contributed by atoms with E-state index in [2.05, 4.69) is 10.9 Å². The van der Waals surface area contributed by atoms with E-state index < -0.39 is 11.8 Å². The first-order valence-corrected chi connectivity index (χ1v) is 9.74. The van der Waals surface area contributed by atoms with Crippen LogP contribution in [-0.2, 0) is 0 Å². The molecule has 0 spiro atoms. The molecule has 2 N–H and O–H groups in total. The number of ether oxygens (including phenoxy) is 3. The van der Waals surface area contributed by atoms with Gasteiger partial charge in [0.2, 0.25) is 0 Å². The smallest absolute Gasteiger partial charge is 0.269 e. The van der Waals surface area contributed by atoms with Crippen molar-refractivity contribution in [3.63, 3.8) is 0 Å². The van der Waals surface area contributed by atoms with Crippen LogP contribution in [0.25, 0.3) is 0 Å². The molecule has 0 fully saturated rings. The Balaban J connectivity index is 1.58. The highest BCUT2D eigenvalue weighted by Gasteiger charge is 2.13. The highest BCUT2D eigenvalue weighted by Crippen LogP contribution is 2.29. The molecule has 0 unspecified atom stereocenters. The third kappa shape index (κ3) is 5.99. The summed E-state index contributed by atoms with van der Waals surface area (Å²) in [5, 5.41) is 0. The minimum absolute atomic E-state index is 0.0302. The summed E-state index contributed by atoms with van der Waals surface area (Å²) in [6.45, 7) is 3.80. The topological polar surface area (TPSA) is 85.9 Å². The Kier molecular flexibility index (Phi) is 7.11. The molecular weight excluding hydrogens is 396 g/mol. The number of amides is 2. The van der Waals surface area contributed by atoms with E-state index in [9.17, 15) is 9.59 Å². The minimum Gasteiger partial charge on any atom is -0.493 e. The van der Waals surface area contributed by atoms with Crippen molar-refractivity contribution in [3.05, 3.63) is 83.9 Å². The van der Waals surface area contributed by atoms with Gasteiger partial charge in [0.05, 0.1) is 13.2 Å². The molecule has 0 atom stereocenters. The van der Waals surface area contributed by atoms with Crippen molar-refractivity contribution in [2.45, 2.75) is 20.0 Å². The van der Waals surface area contributed by atoms with E-state index in [1.54, 1.807) is 42.5 Å². The molecule has 160 valence electrons. The van der Waals surface area contributed by atoms with Crippen molar-refractivity contribution in [2.75, 3.05) is 7.11 Å². The summed E-state index contributed by atoms with van der Waals surface area (Å²) < 4.78 is 16.6. The number of hydrazine groups is 1. The van der Waals surface area contributed by atoms with E-state index >= 15 is 0 Å². The Morgan fingerprint density at radius 2 is 1.32 bits per heavy atom. The van der Waals surface area contributed by atoms with Gasteiger partial charge in [0.25, 0.3) is 11.8 Å². The number of nitrogens with one attached hydrogen (secondary N) is 2. The predicted molar refractivity (Wildman–Crippen MR) is 117 cm³/mol. The Labute approximate surface area is 180 Å². The van der Waals surface area contributed by atoms with Crippen LogP contribution in [0.2, 0.25) is 0 Å². The maximum Gasteiger partial charge on any atom is 0.269 e. The van der Waals surface area contributed by atoms with Gasteiger partial charge < -0.3 is 14.2 Å². The number of hydrogen-bond donors (Lipinski definition) is 2. The number of methoxy groups -OCH3 is 1. The van der Waals surface area contributed by atoms with E-state index in [4.69, 9.17) is 14.2 Å². The molecule has 3 aromatic rings. The van der Waals surface area contributed by atoms with Crippen LogP contribution in [0.15, 0.2) is 72.8 Å². The summed E-state index contributed by atoms with van der Waals surface area (Å²) in [6, 6.07) is 20.7. The van der Waals surface area contributed by atoms with Crippen LogP contribution in [0.4, 0.5) is 0 Å². The van der Waals surface area contributed by atoms with E-state index in [0.29, 0.717) is 34.1 Å². The third-order valence-corrected chi connectivity index (χ3v) is 4.17. The quantitative estimate of drug-likeness (QED) is 0.555. The molecule has 0 radical (unpaired) electrons. The van der Waals surface area contributed by atoms with Crippen molar-refractivity contribution < 1.29 is 23.8 Å². The second-order valence-electron chi connectivity index (χ2n) is 6.88. The number of carbonyl (C=O) groups is 2. The van der Waals surface area contributed by atoms with Crippen LogP contribution in [0.3, 0.4) is 0 Å². The summed E-state index contributed by atoms with van der Waals surface area (Å²) in [6.07, 6.45) is -0.0302. The van der Waals surface area contributed by atoms with E-state index in [-0.39, 0.29) is 6.10 Å². The summed E-state index contributed by atoms with van der Waals surface area (Å²) in [5.74, 6) is 1.34. The van der Waals surface area contributed by atoms with Crippen LogP contribution < -0.4 is 25.1 Å². The molecule has 0 heterocycles. The van der Waals surface area contributed by atoms with Crippen molar-refractivity contribution in [1.82, 2.24) is 10.9 Å². The third-order valence-electron chi connectivity index (χ3n) is 4.17. The second kappa shape index (κ2) is 10.2. The largest absolute Gasteiger partial charge is 0.493 e. The average Bonchev–Trinajstić information content (AvgIpc) is 2.78. The zero-order valence-electron chi connectivity index (χ0n) is 17.5. The summed E-state index contributed by atoms with van der Waals surface area (Å²) in [7, 11) is 1.50. The zero-order chi connectivity index (χ0) is 22.2. The maximum atomic E-state index is 12.4. The summed E-state index contributed by atoms with van der Waals surface area (Å²) >= 11 is 0. The molecule has 3 aromatic carbocycles. The molecule has 0 saturated heterocycles. The van der Waals surface area contributed by atoms with Gasteiger partial charge in [-0.25, -0.2) is 0 Å². The highest BCUT2D eigenvalue weighted by molar-refractivity contribution is 5.99. The summed E-state index contributed by atoms with van der Waals surface area (Å²) in [5.41, 5.74) is 5.49. The molecule has 0 aliphatic rings. The van der Waals surface area contributed by atoms with Crippen molar-refractivity contribution in [1.29, 1.82) is 0 Å². The molecule has 31 heavy (non-hydrogen) atoms. The standard InChI is InChI=1S/C24H24N2O5/c1-16(2)30-21-14-11-18(15-22(21)29-3)24(28)26-25-23(27)17-9-12-20(13-10-17)31-19-7-5-4-6-8-19/h4-16H,1-3H3,(H,25,27)(H,26,28). The molecule has 0 aliphatic heterocycles. The lowest BCUT2D eigenvalue weighted by molar-refractivity contribution is 0.0846. The Morgan fingerprint density at radius 3 is 1.94 bits per heavy atom. The number of carbonyl (C=O) groups excluding carboxylic acids is 2. The van der Waals surface area contributed by atoms with Crippen molar-refractivity contribution in [2.24, 2.45) is 0 Å². The van der Waals surface area contributed by atoms with Gasteiger partial charge in [-0.3, -0.25) is 20.4 Å². The lowest BCUT2D eigenvalue weighted by Gasteiger charge is -2.14. The number of benzene rings is 3. The van der Waals surface area contributed by atoms with Gasteiger partial charge in [-0.2, -0.15) is 0 Å². The van der Waals surface area contributed by atoms with Crippen LogP contribution in [0.5, 0.6) is 23.0 Å². The van der Waals surface area contributed by atoms with Gasteiger partial charge in [0.1, 0.15) is 11.5 Å². The first-order chi connectivity index (χ1) is 15.0. The van der Waals surface area contributed by atoms with Gasteiger partial charge in [-0.05, 0) is 68.4 Å². The molecule has 2 amide bonds. The van der Waals surface area contributed by atoms with Crippen LogP contribution in [0.1, 0.15) is 34.6 Å². The molecule has 0 aromatic heterocycles. The normalized spacial score (nSPS) is 10.3. The van der Waals surface area contributed by atoms with E-state index in [1.807, 2.05) is 44.2 Å². The summed E-state index contributed by atoms with van der Waals surface area (Å²) in [4.78, 5) is 24.7. The lowest BCUT2D eigenvalue weighted by atomic mass is 10.2. The highest BCUT2D eigenvalue weighted by atomic mass is 16.5. The fourth-order valence-electron chi connectivity index (χ4n) is 2.72. The van der Waals surface area contributed by atoms with Gasteiger partial charge in [-0.1, -0.05) is 18.2 Å². The van der Waals surface area contributed by atoms with Gasteiger partial charge >= 0.3 is 0 Å². The van der Waals surface area contributed by atoms with Gasteiger partial charge in [-0.15, -0.1) is 0 Å². The first-order valence-electron chi connectivity index (χ1n) is 9.74. The Hall–Kier alpha value is -4.00. The van der Waals surface area contributed by atoms with Crippen molar-refractivity contribution >= 4 is 11.8 Å². The first kappa shape index (κ1) is 21.7. The fraction of sp³-hybridized carbons (Fsp3) is 0.167. The lowest BCUT2D eigenvalue weighted by Crippen LogP contribution is -2.41. The number of rotatable bonds is 7. The minimum atomic E-state index is -0.480. The Morgan fingerprint density at radius 1 is 0.742 bits per heavy atom. The number of para-hydroxylation sites is 1. The molecule has 7 nitrogen and oxygen atoms in total. The fourth-order valence-corrected chi connectivity index (χ4v) is 2.72. The molecule has 3 rings (SSSR count). The molecule has 0 aliphatic carbocycles. The molecule has 7 heteroatoms. The second-order valence-corrected chi connectivity index (χ2v) is 6.88. The van der Waals surface area contributed by atoms with Crippen LogP contribution in [-0.4, -0.2) is 25.0 Å². The van der Waals surface area contributed by atoms with Gasteiger partial charge in [0.15, 0.2) is 11.5 Å². The monoisotopic (exact) mass is 420 g/mol. The van der Waals surface area contributed by atoms with E-state index in [1.165, 1.54) is 7.11 Å².